The Morgan fingerprint density at radius 3 is 2.45 bits per heavy atom. The lowest BCUT2D eigenvalue weighted by molar-refractivity contribution is -0.135. The summed E-state index contributed by atoms with van der Waals surface area (Å²) >= 11 is 0. The average molecular weight is 302 g/mol. The molecule has 1 rings (SSSR count). The number of unbranched alkanes of at least 4 members (excludes halogenated alkanes) is 4. The van der Waals surface area contributed by atoms with Crippen molar-refractivity contribution < 1.29 is 18.3 Å². The number of carboxylic acid groups (broad SMARTS) is 1. The highest BCUT2D eigenvalue weighted by molar-refractivity contribution is 7.94. The Morgan fingerprint density at radius 2 is 1.90 bits per heavy atom. The molecule has 0 radical (unpaired) electrons. The number of rotatable bonds is 8. The zero-order valence-electron chi connectivity index (χ0n) is 12.0. The van der Waals surface area contributed by atoms with Gasteiger partial charge in [0, 0.05) is 5.70 Å². The van der Waals surface area contributed by atoms with Crippen molar-refractivity contribution in [3.8, 4) is 0 Å². The summed E-state index contributed by atoms with van der Waals surface area (Å²) in [5.74, 6) is -1.13. The average Bonchev–Trinajstić information content (AvgIpc) is 2.30. The molecule has 0 amide bonds. The van der Waals surface area contributed by atoms with Crippen LogP contribution in [0.2, 0.25) is 0 Å². The van der Waals surface area contributed by atoms with Crippen LogP contribution in [0.1, 0.15) is 58.8 Å². The predicted octanol–water partition coefficient (Wildman–Crippen LogP) is 2.38. The predicted molar refractivity (Wildman–Crippen MR) is 77.8 cm³/mol. The van der Waals surface area contributed by atoms with Gasteiger partial charge in [0.05, 0.1) is 4.91 Å². The normalized spacial score (nSPS) is 17.6. The number of nitrogens with one attached hydrogen (secondary N) is 1. The monoisotopic (exact) mass is 302 g/mol. The Labute approximate surface area is 120 Å². The van der Waals surface area contributed by atoms with Gasteiger partial charge in [-0.25, -0.2) is 0 Å². The van der Waals surface area contributed by atoms with E-state index in [1.165, 1.54) is 0 Å². The third kappa shape index (κ3) is 4.96. The molecule has 114 valence electrons. The highest BCUT2D eigenvalue weighted by Gasteiger charge is 2.26. The molecule has 0 atom stereocenters. The van der Waals surface area contributed by atoms with Gasteiger partial charge in [-0.15, -0.1) is 4.40 Å². The van der Waals surface area contributed by atoms with Crippen LogP contribution >= 0.6 is 0 Å². The van der Waals surface area contributed by atoms with Crippen LogP contribution in [-0.2, 0) is 14.8 Å². The summed E-state index contributed by atoms with van der Waals surface area (Å²) in [5.41, 5.74) is 0.492. The van der Waals surface area contributed by atoms with Crippen molar-refractivity contribution >= 4 is 21.8 Å². The Bertz CT molecular complexity index is 520. The molecule has 0 unspecified atom stereocenters. The first kappa shape index (κ1) is 16.7. The van der Waals surface area contributed by atoms with Gasteiger partial charge in [-0.2, -0.15) is 8.42 Å². The SMILES string of the molecule is CCCCCCCC1=C(C)NC(CC(=O)O)=NS1(=O)=O. The lowest BCUT2D eigenvalue weighted by atomic mass is 10.1. The maximum absolute atomic E-state index is 12.0. The van der Waals surface area contributed by atoms with Crippen molar-refractivity contribution in [2.45, 2.75) is 58.8 Å². The molecule has 0 bridgehead atoms. The number of hydrogen-bond donors (Lipinski definition) is 2. The minimum Gasteiger partial charge on any atom is -0.481 e. The zero-order valence-corrected chi connectivity index (χ0v) is 12.8. The van der Waals surface area contributed by atoms with E-state index in [0.29, 0.717) is 12.1 Å². The molecule has 20 heavy (non-hydrogen) atoms. The molecule has 0 spiro atoms. The summed E-state index contributed by atoms with van der Waals surface area (Å²) < 4.78 is 27.6. The maximum Gasteiger partial charge on any atom is 0.311 e. The summed E-state index contributed by atoms with van der Waals surface area (Å²) in [6.07, 6.45) is 5.23. The Morgan fingerprint density at radius 1 is 1.25 bits per heavy atom. The molecular weight excluding hydrogens is 280 g/mol. The van der Waals surface area contributed by atoms with E-state index in [1.807, 2.05) is 0 Å². The van der Waals surface area contributed by atoms with Gasteiger partial charge >= 0.3 is 5.97 Å². The number of amidine groups is 1. The molecular formula is C13H22N2O4S. The van der Waals surface area contributed by atoms with Crippen LogP contribution in [0.5, 0.6) is 0 Å². The van der Waals surface area contributed by atoms with Crippen molar-refractivity contribution in [1.82, 2.24) is 5.32 Å². The molecule has 0 saturated carbocycles. The van der Waals surface area contributed by atoms with Crippen LogP contribution in [0.25, 0.3) is 0 Å². The first-order valence-electron chi connectivity index (χ1n) is 6.89. The fraction of sp³-hybridized carbons (Fsp3) is 0.692. The second-order valence-corrected chi connectivity index (χ2v) is 6.55. The molecule has 0 fully saturated rings. The van der Waals surface area contributed by atoms with Gasteiger partial charge in [0.2, 0.25) is 0 Å². The van der Waals surface area contributed by atoms with Gasteiger partial charge in [-0.05, 0) is 19.8 Å². The smallest absolute Gasteiger partial charge is 0.311 e. The molecule has 0 aliphatic carbocycles. The van der Waals surface area contributed by atoms with Crippen LogP contribution in [-0.4, -0.2) is 25.3 Å². The molecule has 2 N–H and O–H groups in total. The first-order chi connectivity index (χ1) is 9.36. The van der Waals surface area contributed by atoms with E-state index in [2.05, 4.69) is 16.6 Å². The molecule has 7 heteroatoms. The molecule has 1 aliphatic heterocycles. The van der Waals surface area contributed by atoms with Crippen LogP contribution < -0.4 is 5.32 Å². The van der Waals surface area contributed by atoms with Gasteiger partial charge in [-0.3, -0.25) is 4.79 Å². The molecule has 6 nitrogen and oxygen atoms in total. The molecule has 0 aromatic heterocycles. The number of aliphatic carboxylic acids is 1. The first-order valence-corrected chi connectivity index (χ1v) is 8.33. The van der Waals surface area contributed by atoms with Crippen LogP contribution in [0.4, 0.5) is 0 Å². The summed E-state index contributed by atoms with van der Waals surface area (Å²) in [6.45, 7) is 3.77. The minimum absolute atomic E-state index is 0.0234. The summed E-state index contributed by atoms with van der Waals surface area (Å²) in [4.78, 5) is 10.9. The van der Waals surface area contributed by atoms with Crippen molar-refractivity contribution in [2.24, 2.45) is 4.40 Å². The van der Waals surface area contributed by atoms with Crippen molar-refractivity contribution in [2.75, 3.05) is 0 Å². The van der Waals surface area contributed by atoms with Crippen molar-refractivity contribution in [3.05, 3.63) is 10.6 Å². The molecule has 0 saturated heterocycles. The fourth-order valence-corrected chi connectivity index (χ4v) is 3.48. The Hall–Kier alpha value is -1.37. The number of sulfonamides is 1. The third-order valence-corrected chi connectivity index (χ3v) is 4.71. The number of carboxylic acids is 1. The second-order valence-electron chi connectivity index (χ2n) is 4.92. The number of nitrogens with zero attached hydrogens (tertiary/aromatic N) is 1. The van der Waals surface area contributed by atoms with Gasteiger partial charge < -0.3 is 10.4 Å². The molecule has 1 heterocycles. The second kappa shape index (κ2) is 7.42. The van der Waals surface area contributed by atoms with E-state index < -0.39 is 22.4 Å². The topological polar surface area (TPSA) is 95.8 Å². The van der Waals surface area contributed by atoms with Crippen LogP contribution in [0.15, 0.2) is 15.0 Å². The Balaban J connectivity index is 2.66. The van der Waals surface area contributed by atoms with Gasteiger partial charge in [0.25, 0.3) is 10.0 Å². The molecule has 0 aromatic rings. The summed E-state index contributed by atoms with van der Waals surface area (Å²) in [7, 11) is -3.72. The summed E-state index contributed by atoms with van der Waals surface area (Å²) in [5, 5.41) is 11.5. The van der Waals surface area contributed by atoms with Crippen LogP contribution in [0.3, 0.4) is 0 Å². The van der Waals surface area contributed by atoms with Gasteiger partial charge in [0.1, 0.15) is 12.3 Å². The highest BCUT2D eigenvalue weighted by atomic mass is 32.2. The van der Waals surface area contributed by atoms with E-state index >= 15 is 0 Å². The minimum atomic E-state index is -3.72. The lowest BCUT2D eigenvalue weighted by Crippen LogP contribution is -2.31. The van der Waals surface area contributed by atoms with E-state index in [9.17, 15) is 13.2 Å². The maximum atomic E-state index is 12.0. The third-order valence-electron chi connectivity index (χ3n) is 3.12. The lowest BCUT2D eigenvalue weighted by Gasteiger charge is -2.18. The fourth-order valence-electron chi connectivity index (χ4n) is 2.13. The largest absolute Gasteiger partial charge is 0.481 e. The number of carbonyl (C=O) groups is 1. The zero-order chi connectivity index (χ0) is 15.2. The highest BCUT2D eigenvalue weighted by Crippen LogP contribution is 2.24. The van der Waals surface area contributed by atoms with E-state index in [1.54, 1.807) is 6.92 Å². The van der Waals surface area contributed by atoms with Gasteiger partial charge in [0.15, 0.2) is 0 Å². The standard InChI is InChI=1S/C13H22N2O4S/c1-3-4-5-6-7-8-11-10(2)14-12(9-13(16)17)15-20(11,18)19/h3-9H2,1-2H3,(H,14,15)(H,16,17). The summed E-state index contributed by atoms with van der Waals surface area (Å²) in [6, 6.07) is 0. The van der Waals surface area contributed by atoms with E-state index in [0.717, 1.165) is 32.1 Å². The Kier molecular flexibility index (Phi) is 6.19. The van der Waals surface area contributed by atoms with Crippen molar-refractivity contribution in [3.63, 3.8) is 0 Å². The van der Waals surface area contributed by atoms with E-state index in [-0.39, 0.29) is 10.7 Å². The van der Waals surface area contributed by atoms with Gasteiger partial charge in [-0.1, -0.05) is 32.6 Å². The van der Waals surface area contributed by atoms with Crippen LogP contribution in [0, 0.1) is 0 Å². The van der Waals surface area contributed by atoms with E-state index in [4.69, 9.17) is 5.11 Å². The number of allylic oxidation sites excluding steroid dienone is 2. The number of hydrogen-bond acceptors (Lipinski definition) is 4. The quantitative estimate of drug-likeness (QED) is 0.671. The van der Waals surface area contributed by atoms with Crippen molar-refractivity contribution in [1.29, 1.82) is 0 Å². The molecule has 0 aromatic carbocycles. The molecule has 1 aliphatic rings.